The lowest BCUT2D eigenvalue weighted by Crippen LogP contribution is -2.18. The fourth-order valence-corrected chi connectivity index (χ4v) is 3.49. The van der Waals surface area contributed by atoms with Crippen molar-refractivity contribution in [2.45, 2.75) is 0 Å². The number of hydrogen-bond donors (Lipinski definition) is 1. The molecule has 9 heteroatoms. The fourth-order valence-electron chi connectivity index (χ4n) is 2.65. The van der Waals surface area contributed by atoms with Gasteiger partial charge in [-0.3, -0.25) is 14.9 Å². The third-order valence-electron chi connectivity index (χ3n) is 3.97. The van der Waals surface area contributed by atoms with Crippen LogP contribution in [0.4, 0.5) is 16.2 Å². The minimum atomic E-state index is -0.457. The van der Waals surface area contributed by atoms with Crippen LogP contribution in [0, 0.1) is 10.1 Å². The second-order valence-electron chi connectivity index (χ2n) is 5.97. The van der Waals surface area contributed by atoms with Crippen LogP contribution in [-0.2, 0) is 0 Å². The van der Waals surface area contributed by atoms with Gasteiger partial charge in [-0.2, -0.15) is 0 Å². The molecule has 2 heterocycles. The first-order chi connectivity index (χ1) is 14.0. The smallest absolute Gasteiger partial charge is 0.289 e. The molecule has 1 saturated heterocycles. The van der Waals surface area contributed by atoms with Crippen LogP contribution in [0.3, 0.4) is 0 Å². The molecule has 2 aromatic carbocycles. The molecular weight excluding hydrogens is 414 g/mol. The predicted molar refractivity (Wildman–Crippen MR) is 113 cm³/mol. The summed E-state index contributed by atoms with van der Waals surface area (Å²) in [5.74, 6) is 1.39. The second-order valence-corrected chi connectivity index (χ2v) is 7.42. The Morgan fingerprint density at radius 3 is 2.69 bits per heavy atom. The summed E-state index contributed by atoms with van der Waals surface area (Å²) in [6.45, 7) is 0. The molecule has 1 N–H and O–H groups in total. The Hall–Kier alpha value is -3.36. The molecule has 0 atom stereocenters. The van der Waals surface area contributed by atoms with E-state index >= 15 is 0 Å². The normalized spacial score (nSPS) is 16.4. The van der Waals surface area contributed by atoms with Crippen molar-refractivity contribution >= 4 is 51.9 Å². The minimum absolute atomic E-state index is 0.0164. The van der Waals surface area contributed by atoms with E-state index in [0.29, 0.717) is 38.5 Å². The van der Waals surface area contributed by atoms with E-state index in [1.165, 1.54) is 12.1 Å². The topological polar surface area (TPSA) is 97.7 Å². The summed E-state index contributed by atoms with van der Waals surface area (Å²) in [5.41, 5.74) is 1.22. The monoisotopic (exact) mass is 425 g/mol. The molecular formula is C20H12ClN3O4S. The molecule has 0 aliphatic carbocycles. The summed E-state index contributed by atoms with van der Waals surface area (Å²) < 4.78 is 5.79. The van der Waals surface area contributed by atoms with Crippen molar-refractivity contribution in [3.05, 3.63) is 86.5 Å². The van der Waals surface area contributed by atoms with Crippen molar-refractivity contribution in [2.24, 2.45) is 4.99 Å². The number of nitro groups is 1. The highest BCUT2D eigenvalue weighted by Gasteiger charge is 2.24. The molecule has 0 bridgehead atoms. The third kappa shape index (κ3) is 4.39. The van der Waals surface area contributed by atoms with Crippen molar-refractivity contribution in [1.82, 2.24) is 5.32 Å². The number of halogens is 1. The van der Waals surface area contributed by atoms with E-state index in [0.717, 1.165) is 11.8 Å². The van der Waals surface area contributed by atoms with Gasteiger partial charge in [-0.05, 0) is 54.2 Å². The van der Waals surface area contributed by atoms with E-state index in [2.05, 4.69) is 10.3 Å². The van der Waals surface area contributed by atoms with E-state index in [1.807, 2.05) is 0 Å². The third-order valence-corrected chi connectivity index (χ3v) is 5.04. The number of rotatable bonds is 4. The van der Waals surface area contributed by atoms with Gasteiger partial charge in [0.1, 0.15) is 17.4 Å². The van der Waals surface area contributed by atoms with Crippen LogP contribution in [0.2, 0.25) is 5.02 Å². The maximum absolute atomic E-state index is 11.8. The number of thioether (sulfide) groups is 1. The van der Waals surface area contributed by atoms with Crippen molar-refractivity contribution < 1.29 is 14.1 Å². The molecule has 0 unspecified atom stereocenters. The molecule has 1 aromatic heterocycles. The Morgan fingerprint density at radius 1 is 1.14 bits per heavy atom. The first-order valence-corrected chi connectivity index (χ1v) is 9.57. The molecule has 4 rings (SSSR count). The number of amidine groups is 1. The van der Waals surface area contributed by atoms with E-state index in [4.69, 9.17) is 16.0 Å². The summed E-state index contributed by atoms with van der Waals surface area (Å²) in [4.78, 5) is 27.4. The first kappa shape index (κ1) is 19.0. The van der Waals surface area contributed by atoms with Crippen molar-refractivity contribution in [3.8, 4) is 11.3 Å². The van der Waals surface area contributed by atoms with Crippen LogP contribution in [0.5, 0.6) is 0 Å². The van der Waals surface area contributed by atoms with Crippen LogP contribution in [0.25, 0.3) is 17.4 Å². The van der Waals surface area contributed by atoms with Crippen LogP contribution in [0.1, 0.15) is 5.76 Å². The number of aliphatic imine (C=N–C) groups is 1. The van der Waals surface area contributed by atoms with E-state index in [-0.39, 0.29) is 10.9 Å². The average Bonchev–Trinajstić information content (AvgIpc) is 3.30. The highest BCUT2D eigenvalue weighted by atomic mass is 35.5. The predicted octanol–water partition coefficient (Wildman–Crippen LogP) is 6.04. The first-order valence-electron chi connectivity index (χ1n) is 8.38. The molecule has 1 aliphatic rings. The SMILES string of the molecule is O=C1NC(=Nc2ccc(Cl)cc2)/C(=C/c2ccc(-c3cccc([N+](=O)[O-])c3)o2)S1. The number of amides is 1. The Balaban J connectivity index is 1.63. The van der Waals surface area contributed by atoms with Crippen LogP contribution in [0.15, 0.2) is 75.0 Å². The van der Waals surface area contributed by atoms with E-state index in [1.54, 1.807) is 54.6 Å². The molecule has 0 spiro atoms. The van der Waals surface area contributed by atoms with Crippen molar-refractivity contribution in [1.29, 1.82) is 0 Å². The maximum atomic E-state index is 11.8. The zero-order valence-corrected chi connectivity index (χ0v) is 16.2. The quantitative estimate of drug-likeness (QED) is 0.406. The summed E-state index contributed by atoms with van der Waals surface area (Å²) in [6, 6.07) is 16.6. The minimum Gasteiger partial charge on any atom is -0.457 e. The number of nitrogens with zero attached hydrogens (tertiary/aromatic N) is 2. The lowest BCUT2D eigenvalue weighted by molar-refractivity contribution is -0.384. The van der Waals surface area contributed by atoms with Gasteiger partial charge in [-0.25, -0.2) is 4.99 Å². The van der Waals surface area contributed by atoms with Gasteiger partial charge >= 0.3 is 0 Å². The molecule has 29 heavy (non-hydrogen) atoms. The van der Waals surface area contributed by atoms with Gasteiger partial charge in [-0.1, -0.05) is 23.7 Å². The zero-order valence-electron chi connectivity index (χ0n) is 14.7. The Labute approximate surface area is 174 Å². The fraction of sp³-hybridized carbons (Fsp3) is 0. The number of hydrogen-bond acceptors (Lipinski definition) is 6. The number of benzene rings is 2. The van der Waals surface area contributed by atoms with Gasteiger partial charge in [0.15, 0.2) is 0 Å². The Bertz CT molecular complexity index is 1170. The van der Waals surface area contributed by atoms with Crippen molar-refractivity contribution in [2.75, 3.05) is 0 Å². The molecule has 7 nitrogen and oxygen atoms in total. The van der Waals surface area contributed by atoms with Gasteiger partial charge < -0.3 is 9.73 Å². The van der Waals surface area contributed by atoms with Gasteiger partial charge in [0.2, 0.25) is 0 Å². The highest BCUT2D eigenvalue weighted by molar-refractivity contribution is 8.18. The lowest BCUT2D eigenvalue weighted by Gasteiger charge is -2.00. The molecule has 0 saturated carbocycles. The zero-order chi connectivity index (χ0) is 20.4. The Morgan fingerprint density at radius 2 is 1.93 bits per heavy atom. The lowest BCUT2D eigenvalue weighted by atomic mass is 10.1. The van der Waals surface area contributed by atoms with Crippen LogP contribution < -0.4 is 5.32 Å². The summed E-state index contributed by atoms with van der Waals surface area (Å²) in [5, 5.41) is 14.0. The summed E-state index contributed by atoms with van der Waals surface area (Å²) >= 11 is 6.89. The maximum Gasteiger partial charge on any atom is 0.289 e. The molecule has 1 amide bonds. The van der Waals surface area contributed by atoms with E-state index in [9.17, 15) is 14.9 Å². The van der Waals surface area contributed by atoms with Gasteiger partial charge in [0.25, 0.3) is 10.9 Å². The largest absolute Gasteiger partial charge is 0.457 e. The van der Waals surface area contributed by atoms with Gasteiger partial charge in [0.05, 0.1) is 15.5 Å². The summed E-state index contributed by atoms with van der Waals surface area (Å²) in [7, 11) is 0. The number of furan rings is 1. The molecule has 1 aliphatic heterocycles. The molecule has 3 aromatic rings. The van der Waals surface area contributed by atoms with Crippen LogP contribution in [-0.4, -0.2) is 16.0 Å². The molecule has 144 valence electrons. The number of carbonyl (C=O) groups excluding carboxylic acids is 1. The number of nitrogens with one attached hydrogen (secondary N) is 1. The number of non-ortho nitro benzene ring substituents is 1. The van der Waals surface area contributed by atoms with E-state index < -0.39 is 4.92 Å². The van der Waals surface area contributed by atoms with Crippen LogP contribution >= 0.6 is 23.4 Å². The number of carbonyl (C=O) groups is 1. The van der Waals surface area contributed by atoms with Crippen molar-refractivity contribution in [3.63, 3.8) is 0 Å². The highest BCUT2D eigenvalue weighted by Crippen LogP contribution is 2.31. The Kier molecular flexibility index (Phi) is 5.20. The standard InChI is InChI=1S/C20H12ClN3O4S/c21-13-4-6-14(7-5-13)22-19-18(29-20(25)23-19)11-16-8-9-17(28-16)12-2-1-3-15(10-12)24(26)27/h1-11H,(H,22,23,25)/b18-11-. The number of nitro benzene ring substituents is 1. The summed E-state index contributed by atoms with van der Waals surface area (Å²) in [6.07, 6.45) is 1.69. The molecule has 0 radical (unpaired) electrons. The molecule has 1 fully saturated rings. The van der Waals surface area contributed by atoms with Gasteiger partial charge in [-0.15, -0.1) is 0 Å². The van der Waals surface area contributed by atoms with Gasteiger partial charge in [0, 0.05) is 22.7 Å². The average molecular weight is 426 g/mol. The second kappa shape index (κ2) is 7.94.